The molecule has 202 valence electrons. The van der Waals surface area contributed by atoms with Gasteiger partial charge in [0.2, 0.25) is 0 Å². The molecule has 0 radical (unpaired) electrons. The highest BCUT2D eigenvalue weighted by molar-refractivity contribution is 6.01. The number of rotatable bonds is 7. The Bertz CT molecular complexity index is 1460. The fraction of sp³-hybridized carbons (Fsp3) is 0.355. The number of nitrogens with zero attached hydrogens (tertiary/aromatic N) is 3. The lowest BCUT2D eigenvalue weighted by molar-refractivity contribution is 0.0105. The van der Waals surface area contributed by atoms with Crippen LogP contribution in [0.3, 0.4) is 0 Å². The molecule has 3 aromatic carbocycles. The smallest absolute Gasteiger partial charge is 0.251 e. The third-order valence-electron chi connectivity index (χ3n) is 7.95. The lowest BCUT2D eigenvalue weighted by atomic mass is 9.95. The van der Waals surface area contributed by atoms with Crippen LogP contribution in [0.5, 0.6) is 0 Å². The number of H-pyrrole nitrogens is 1. The summed E-state index contributed by atoms with van der Waals surface area (Å²) in [6, 6.07) is 20.7. The van der Waals surface area contributed by atoms with Crippen LogP contribution >= 0.6 is 0 Å². The van der Waals surface area contributed by atoms with Crippen LogP contribution in [0.4, 0.5) is 10.1 Å². The van der Waals surface area contributed by atoms with E-state index in [0.717, 1.165) is 61.6 Å². The van der Waals surface area contributed by atoms with E-state index in [9.17, 15) is 9.18 Å². The van der Waals surface area contributed by atoms with Crippen LogP contribution in [0.15, 0.2) is 66.7 Å². The van der Waals surface area contributed by atoms with Crippen LogP contribution in [0.1, 0.15) is 35.8 Å². The number of morpholine rings is 1. The lowest BCUT2D eigenvalue weighted by Crippen LogP contribution is -2.61. The average molecular weight is 528 g/mol. The van der Waals surface area contributed by atoms with E-state index in [1.54, 1.807) is 24.3 Å². The molecule has 2 N–H and O–H groups in total. The molecule has 1 aromatic heterocycles. The van der Waals surface area contributed by atoms with Crippen molar-refractivity contribution in [3.05, 3.63) is 83.7 Å². The minimum absolute atomic E-state index is 0.0214. The first-order valence-corrected chi connectivity index (χ1v) is 13.7. The maximum Gasteiger partial charge on any atom is 0.251 e. The van der Waals surface area contributed by atoms with Gasteiger partial charge in [-0.2, -0.15) is 5.10 Å². The van der Waals surface area contributed by atoms with Gasteiger partial charge in [-0.25, -0.2) is 4.39 Å². The van der Waals surface area contributed by atoms with Gasteiger partial charge in [0, 0.05) is 60.0 Å². The van der Waals surface area contributed by atoms with E-state index in [4.69, 9.17) is 4.74 Å². The fourth-order valence-corrected chi connectivity index (χ4v) is 5.60. The molecule has 0 aliphatic carbocycles. The van der Waals surface area contributed by atoms with Crippen molar-refractivity contribution >= 4 is 22.5 Å². The standard InChI is InChI=1S/C31H34FN5O2/c1-20(2)29(25-5-3-4-6-27(25)32)33-31(38)22-9-12-28-26(17-22)30(35-34-28)21-7-10-23(11-8-21)37-18-24(19-37)36-13-15-39-16-14-36/h3-12,17,20,24,29H,13-16,18-19H2,1-2H3,(H,33,38)(H,34,35). The molecule has 6 rings (SSSR count). The predicted octanol–water partition coefficient (Wildman–Crippen LogP) is 5.02. The van der Waals surface area contributed by atoms with E-state index >= 15 is 0 Å². The highest BCUT2D eigenvalue weighted by Gasteiger charge is 2.32. The number of carbonyl (C=O) groups is 1. The van der Waals surface area contributed by atoms with Crippen LogP contribution in [0.2, 0.25) is 0 Å². The average Bonchev–Trinajstić information content (AvgIpc) is 3.35. The number of benzene rings is 3. The molecule has 3 heterocycles. The van der Waals surface area contributed by atoms with Crippen LogP contribution < -0.4 is 10.2 Å². The molecule has 8 heteroatoms. The minimum Gasteiger partial charge on any atom is -0.379 e. The first-order chi connectivity index (χ1) is 19.0. The van der Waals surface area contributed by atoms with Crippen LogP contribution in [-0.4, -0.2) is 66.4 Å². The molecule has 7 nitrogen and oxygen atoms in total. The molecule has 4 aromatic rings. The number of hydrogen-bond donors (Lipinski definition) is 2. The van der Waals surface area contributed by atoms with Gasteiger partial charge in [0.05, 0.1) is 30.5 Å². The first kappa shape index (κ1) is 25.5. The summed E-state index contributed by atoms with van der Waals surface area (Å²) in [6.45, 7) is 9.71. The number of aromatic amines is 1. The van der Waals surface area contributed by atoms with Crippen LogP contribution in [0.25, 0.3) is 22.2 Å². The van der Waals surface area contributed by atoms with E-state index < -0.39 is 6.04 Å². The number of carbonyl (C=O) groups excluding carboxylic acids is 1. The van der Waals surface area contributed by atoms with Gasteiger partial charge in [-0.1, -0.05) is 44.2 Å². The number of aromatic nitrogens is 2. The van der Waals surface area contributed by atoms with Gasteiger partial charge in [0.25, 0.3) is 5.91 Å². The molecule has 1 amide bonds. The third-order valence-corrected chi connectivity index (χ3v) is 7.95. The normalized spacial score (nSPS) is 17.4. The van der Waals surface area contributed by atoms with Gasteiger partial charge in [0.15, 0.2) is 0 Å². The summed E-state index contributed by atoms with van der Waals surface area (Å²) >= 11 is 0. The number of hydrogen-bond acceptors (Lipinski definition) is 5. The molecule has 2 aliphatic heterocycles. The minimum atomic E-state index is -0.435. The molecule has 1 unspecified atom stereocenters. The quantitative estimate of drug-likeness (QED) is 0.353. The summed E-state index contributed by atoms with van der Waals surface area (Å²) < 4.78 is 20.0. The van der Waals surface area contributed by atoms with Gasteiger partial charge in [-0.15, -0.1) is 0 Å². The van der Waals surface area contributed by atoms with Gasteiger partial charge in [-0.05, 0) is 42.3 Å². The summed E-state index contributed by atoms with van der Waals surface area (Å²) in [5, 5.41) is 11.6. The number of ether oxygens (including phenoxy) is 1. The fourth-order valence-electron chi connectivity index (χ4n) is 5.60. The molecular weight excluding hydrogens is 493 g/mol. The van der Waals surface area contributed by atoms with E-state index in [2.05, 4.69) is 49.6 Å². The van der Waals surface area contributed by atoms with Crippen molar-refractivity contribution in [2.24, 2.45) is 5.92 Å². The second-order valence-corrected chi connectivity index (χ2v) is 10.8. The maximum absolute atomic E-state index is 14.5. The van der Waals surface area contributed by atoms with E-state index in [-0.39, 0.29) is 17.6 Å². The number of amides is 1. The van der Waals surface area contributed by atoms with Crippen molar-refractivity contribution in [1.82, 2.24) is 20.4 Å². The van der Waals surface area contributed by atoms with Crippen molar-refractivity contribution in [2.75, 3.05) is 44.3 Å². The zero-order valence-corrected chi connectivity index (χ0v) is 22.4. The summed E-state index contributed by atoms with van der Waals surface area (Å²) in [5.41, 5.74) is 4.85. The second-order valence-electron chi connectivity index (χ2n) is 10.8. The summed E-state index contributed by atoms with van der Waals surface area (Å²) in [7, 11) is 0. The molecule has 39 heavy (non-hydrogen) atoms. The Labute approximate surface area is 228 Å². The van der Waals surface area contributed by atoms with Gasteiger partial charge < -0.3 is 15.0 Å². The van der Waals surface area contributed by atoms with Crippen molar-refractivity contribution in [1.29, 1.82) is 0 Å². The van der Waals surface area contributed by atoms with Crippen LogP contribution in [0, 0.1) is 11.7 Å². The zero-order chi connectivity index (χ0) is 26.9. The summed E-state index contributed by atoms with van der Waals surface area (Å²) in [6.07, 6.45) is 0. The monoisotopic (exact) mass is 527 g/mol. The molecule has 0 bridgehead atoms. The molecule has 2 fully saturated rings. The lowest BCUT2D eigenvalue weighted by Gasteiger charge is -2.47. The Morgan fingerprint density at radius 3 is 2.51 bits per heavy atom. The van der Waals surface area contributed by atoms with Crippen LogP contribution in [-0.2, 0) is 4.74 Å². The number of halogens is 1. The van der Waals surface area contributed by atoms with Gasteiger partial charge in [-0.3, -0.25) is 14.8 Å². The molecule has 1 atom stereocenters. The van der Waals surface area contributed by atoms with Crippen molar-refractivity contribution in [3.8, 4) is 11.3 Å². The molecule has 0 spiro atoms. The Balaban J connectivity index is 1.18. The SMILES string of the molecule is CC(C)C(NC(=O)c1ccc2[nH]nc(-c3ccc(N4CC(N5CCOCC5)C4)cc3)c2c1)c1ccccc1F. The predicted molar refractivity (Wildman–Crippen MR) is 151 cm³/mol. The van der Waals surface area contributed by atoms with E-state index in [1.807, 2.05) is 26.0 Å². The van der Waals surface area contributed by atoms with Gasteiger partial charge in [0.1, 0.15) is 5.82 Å². The summed E-state index contributed by atoms with van der Waals surface area (Å²) in [4.78, 5) is 18.2. The van der Waals surface area contributed by atoms with E-state index in [1.165, 1.54) is 11.8 Å². The highest BCUT2D eigenvalue weighted by atomic mass is 19.1. The van der Waals surface area contributed by atoms with Crippen molar-refractivity contribution in [3.63, 3.8) is 0 Å². The Kier molecular flexibility index (Phi) is 7.06. The van der Waals surface area contributed by atoms with Gasteiger partial charge >= 0.3 is 0 Å². The molecule has 2 aliphatic rings. The Hall–Kier alpha value is -3.75. The number of anilines is 1. The number of fused-ring (bicyclic) bond motifs is 1. The van der Waals surface area contributed by atoms with E-state index in [0.29, 0.717) is 17.2 Å². The zero-order valence-electron chi connectivity index (χ0n) is 22.4. The van der Waals surface area contributed by atoms with Crippen molar-refractivity contribution in [2.45, 2.75) is 25.9 Å². The molecular formula is C31H34FN5O2. The third kappa shape index (κ3) is 5.14. The summed E-state index contributed by atoms with van der Waals surface area (Å²) in [5.74, 6) is -0.538. The largest absolute Gasteiger partial charge is 0.379 e. The Morgan fingerprint density at radius 2 is 1.79 bits per heavy atom. The Morgan fingerprint density at radius 1 is 1.05 bits per heavy atom. The molecule has 0 saturated carbocycles. The topological polar surface area (TPSA) is 73.5 Å². The molecule has 2 saturated heterocycles. The number of nitrogens with one attached hydrogen (secondary N) is 2. The second kappa shape index (κ2) is 10.8. The maximum atomic E-state index is 14.5. The first-order valence-electron chi connectivity index (χ1n) is 13.7. The highest BCUT2D eigenvalue weighted by Crippen LogP contribution is 2.31. The van der Waals surface area contributed by atoms with Crippen molar-refractivity contribution < 1.29 is 13.9 Å².